The van der Waals surface area contributed by atoms with Crippen molar-refractivity contribution >= 4 is 11.8 Å². The quantitative estimate of drug-likeness (QED) is 0.504. The molecule has 102 valence electrons. The van der Waals surface area contributed by atoms with Gasteiger partial charge < -0.3 is 9.53 Å². The number of Topliss-reactive ketones (excluding diaryl/α,β-unsaturated/α-hetero) is 1. The van der Waals surface area contributed by atoms with Crippen LogP contribution in [0.1, 0.15) is 73.1 Å². The van der Waals surface area contributed by atoms with Gasteiger partial charge in [0.1, 0.15) is 5.78 Å². The normalized spacial score (nSPS) is 9.53. The van der Waals surface area contributed by atoms with Crippen LogP contribution < -0.4 is 0 Å². The van der Waals surface area contributed by atoms with Crippen LogP contribution in [-0.2, 0) is 14.3 Å². The number of ether oxygens (including phenoxy) is 1. The summed E-state index contributed by atoms with van der Waals surface area (Å²) in [4.78, 5) is 20.5. The van der Waals surface area contributed by atoms with Gasteiger partial charge in [0.2, 0.25) is 0 Å². The third-order valence-corrected chi connectivity index (χ3v) is 2.03. The van der Waals surface area contributed by atoms with Crippen LogP contribution in [0.2, 0.25) is 0 Å². The fourth-order valence-electron chi connectivity index (χ4n) is 1.31. The number of carbonyl (C=O) groups is 2. The lowest BCUT2D eigenvalue weighted by molar-refractivity contribution is -0.144. The molecule has 0 N–H and O–H groups in total. The van der Waals surface area contributed by atoms with E-state index in [-0.39, 0.29) is 12.1 Å². The molecule has 0 rings (SSSR count). The lowest BCUT2D eigenvalue weighted by atomic mass is 10.1. The Hall–Kier alpha value is -0.860. The van der Waals surface area contributed by atoms with Crippen molar-refractivity contribution in [3.63, 3.8) is 0 Å². The molecule has 0 aromatic heterocycles. The van der Waals surface area contributed by atoms with Crippen molar-refractivity contribution in [3.05, 3.63) is 0 Å². The van der Waals surface area contributed by atoms with E-state index in [4.69, 9.17) is 0 Å². The van der Waals surface area contributed by atoms with Crippen LogP contribution in [0.15, 0.2) is 0 Å². The molecule has 0 aromatic carbocycles. The Kier molecular flexibility index (Phi) is 14.4. The molecular formula is C14H28O3. The summed E-state index contributed by atoms with van der Waals surface area (Å²) in [5, 5.41) is 0. The third kappa shape index (κ3) is 25.4. The predicted octanol–water partition coefficient (Wildman–Crippen LogP) is 3.89. The van der Waals surface area contributed by atoms with Crippen molar-refractivity contribution in [1.29, 1.82) is 0 Å². The molecule has 0 saturated carbocycles. The van der Waals surface area contributed by atoms with E-state index in [0.717, 1.165) is 12.8 Å². The van der Waals surface area contributed by atoms with Gasteiger partial charge in [-0.3, -0.25) is 4.79 Å². The summed E-state index contributed by atoms with van der Waals surface area (Å²) in [6.45, 7) is 8.91. The van der Waals surface area contributed by atoms with Gasteiger partial charge in [0.15, 0.2) is 0 Å². The van der Waals surface area contributed by atoms with Crippen LogP contribution >= 0.6 is 0 Å². The summed E-state index contributed by atoms with van der Waals surface area (Å²) >= 11 is 0. The minimum absolute atomic E-state index is 0.0255. The Morgan fingerprint density at radius 3 is 1.82 bits per heavy atom. The summed E-state index contributed by atoms with van der Waals surface area (Å²) in [6, 6.07) is 0. The Bertz CT molecular complexity index is 198. The minimum Gasteiger partial charge on any atom is -0.463 e. The zero-order valence-electron chi connectivity index (χ0n) is 12.0. The van der Waals surface area contributed by atoms with Crippen LogP contribution in [0.5, 0.6) is 0 Å². The van der Waals surface area contributed by atoms with Crippen molar-refractivity contribution in [2.45, 2.75) is 79.2 Å². The lowest BCUT2D eigenvalue weighted by Crippen LogP contribution is -2.06. The summed E-state index contributed by atoms with van der Waals surface area (Å²) in [7, 11) is 0. The minimum atomic E-state index is -0.213. The van der Waals surface area contributed by atoms with E-state index < -0.39 is 0 Å². The first-order chi connectivity index (χ1) is 7.90. The van der Waals surface area contributed by atoms with Gasteiger partial charge in [0.05, 0.1) is 6.10 Å². The fraction of sp³-hybridized carbons (Fsp3) is 0.857. The molecule has 0 spiro atoms. The zero-order chi connectivity index (χ0) is 13.7. The van der Waals surface area contributed by atoms with E-state index in [1.807, 2.05) is 13.8 Å². The molecule has 0 aliphatic rings. The van der Waals surface area contributed by atoms with E-state index in [1.54, 1.807) is 6.92 Å². The first-order valence-electron chi connectivity index (χ1n) is 6.56. The number of carbonyl (C=O) groups excluding carboxylic acids is 2. The van der Waals surface area contributed by atoms with Crippen molar-refractivity contribution in [2.24, 2.45) is 0 Å². The smallest absolute Gasteiger partial charge is 0.302 e. The lowest BCUT2D eigenvalue weighted by Gasteiger charge is -2.01. The molecule has 0 aliphatic heterocycles. The van der Waals surface area contributed by atoms with Gasteiger partial charge in [-0.05, 0) is 27.2 Å². The van der Waals surface area contributed by atoms with Gasteiger partial charge in [-0.15, -0.1) is 0 Å². The molecule has 0 saturated heterocycles. The standard InChI is InChI=1S/C9H18O.C5H10O2/c1-3-4-5-6-7-8-9(2)10;1-4(2)7-5(3)6/h3-8H2,1-2H3;4H,1-3H3. The number of hydrogen-bond donors (Lipinski definition) is 0. The predicted molar refractivity (Wildman–Crippen MR) is 71.0 cm³/mol. The molecule has 0 heterocycles. The summed E-state index contributed by atoms with van der Waals surface area (Å²) in [5.41, 5.74) is 0. The summed E-state index contributed by atoms with van der Waals surface area (Å²) in [6.07, 6.45) is 7.02. The Balaban J connectivity index is 0. The van der Waals surface area contributed by atoms with Crippen molar-refractivity contribution in [2.75, 3.05) is 0 Å². The van der Waals surface area contributed by atoms with E-state index >= 15 is 0 Å². The Labute approximate surface area is 106 Å². The molecule has 0 fully saturated rings. The molecule has 0 aromatic rings. The number of unbranched alkanes of at least 4 members (excludes halogenated alkanes) is 4. The highest BCUT2D eigenvalue weighted by Gasteiger charge is 1.93. The monoisotopic (exact) mass is 244 g/mol. The third-order valence-electron chi connectivity index (χ3n) is 2.03. The van der Waals surface area contributed by atoms with Gasteiger partial charge in [0, 0.05) is 13.3 Å². The number of esters is 1. The van der Waals surface area contributed by atoms with Crippen molar-refractivity contribution < 1.29 is 14.3 Å². The van der Waals surface area contributed by atoms with Gasteiger partial charge in [-0.1, -0.05) is 32.6 Å². The maximum absolute atomic E-state index is 10.5. The van der Waals surface area contributed by atoms with E-state index in [9.17, 15) is 9.59 Å². The maximum atomic E-state index is 10.5. The number of ketones is 1. The van der Waals surface area contributed by atoms with E-state index in [0.29, 0.717) is 5.78 Å². The first kappa shape index (κ1) is 18.5. The van der Waals surface area contributed by atoms with Gasteiger partial charge in [0.25, 0.3) is 0 Å². The zero-order valence-corrected chi connectivity index (χ0v) is 12.0. The molecule has 0 radical (unpaired) electrons. The fourth-order valence-corrected chi connectivity index (χ4v) is 1.31. The topological polar surface area (TPSA) is 43.4 Å². The second-order valence-electron chi connectivity index (χ2n) is 4.52. The average Bonchev–Trinajstić information content (AvgIpc) is 2.15. The van der Waals surface area contributed by atoms with Crippen LogP contribution in [-0.4, -0.2) is 17.9 Å². The van der Waals surface area contributed by atoms with Crippen molar-refractivity contribution in [3.8, 4) is 0 Å². The molecule has 3 nitrogen and oxygen atoms in total. The largest absolute Gasteiger partial charge is 0.463 e. The molecule has 0 atom stereocenters. The van der Waals surface area contributed by atoms with Gasteiger partial charge in [-0.25, -0.2) is 0 Å². The highest BCUT2D eigenvalue weighted by molar-refractivity contribution is 5.75. The van der Waals surface area contributed by atoms with E-state index in [1.165, 1.54) is 32.6 Å². The number of rotatable bonds is 7. The number of hydrogen-bond acceptors (Lipinski definition) is 3. The van der Waals surface area contributed by atoms with Gasteiger partial charge >= 0.3 is 5.97 Å². The molecule has 0 bridgehead atoms. The molecule has 3 heteroatoms. The summed E-state index contributed by atoms with van der Waals surface area (Å²) < 4.78 is 4.61. The molecule has 0 amide bonds. The summed E-state index contributed by atoms with van der Waals surface area (Å²) in [5.74, 6) is 0.117. The Morgan fingerprint density at radius 1 is 1.00 bits per heavy atom. The van der Waals surface area contributed by atoms with Crippen LogP contribution in [0, 0.1) is 0 Å². The van der Waals surface area contributed by atoms with E-state index in [2.05, 4.69) is 11.7 Å². The molecule has 0 unspecified atom stereocenters. The molecular weight excluding hydrogens is 216 g/mol. The first-order valence-corrected chi connectivity index (χ1v) is 6.56. The second-order valence-corrected chi connectivity index (χ2v) is 4.52. The Morgan fingerprint density at radius 2 is 1.53 bits per heavy atom. The SMILES string of the molecule is CC(=O)OC(C)C.CCCCCCCC(C)=O. The maximum Gasteiger partial charge on any atom is 0.302 e. The molecule has 17 heavy (non-hydrogen) atoms. The average molecular weight is 244 g/mol. The van der Waals surface area contributed by atoms with Crippen molar-refractivity contribution in [1.82, 2.24) is 0 Å². The molecule has 0 aliphatic carbocycles. The second kappa shape index (κ2) is 13.2. The highest BCUT2D eigenvalue weighted by Crippen LogP contribution is 2.04. The van der Waals surface area contributed by atoms with Gasteiger partial charge in [-0.2, -0.15) is 0 Å². The van der Waals surface area contributed by atoms with Crippen LogP contribution in [0.25, 0.3) is 0 Å². The van der Waals surface area contributed by atoms with Crippen LogP contribution in [0.4, 0.5) is 0 Å². The van der Waals surface area contributed by atoms with Crippen LogP contribution in [0.3, 0.4) is 0 Å². The highest BCUT2D eigenvalue weighted by atomic mass is 16.5.